The Kier molecular flexibility index (Phi) is 10.3. The van der Waals surface area contributed by atoms with Gasteiger partial charge in [-0.2, -0.15) is 0 Å². The van der Waals surface area contributed by atoms with Crippen molar-refractivity contribution in [2.24, 2.45) is 0 Å². The van der Waals surface area contributed by atoms with Crippen LogP contribution in [0, 0.1) is 0 Å². The van der Waals surface area contributed by atoms with Crippen LogP contribution < -0.4 is 20.7 Å². The van der Waals surface area contributed by atoms with E-state index in [1.165, 1.54) is 19.3 Å². The summed E-state index contributed by atoms with van der Waals surface area (Å²) < 4.78 is 5.69. The number of nitrogens with one attached hydrogen (secondary N) is 3. The van der Waals surface area contributed by atoms with Gasteiger partial charge in [-0.25, -0.2) is 4.79 Å². The number of hydrogen-bond acceptors (Lipinski definition) is 4. The molecule has 1 aromatic carbocycles. The molecule has 0 unspecified atom stereocenters. The Morgan fingerprint density at radius 1 is 1.07 bits per heavy atom. The fourth-order valence-electron chi connectivity index (χ4n) is 3.36. The Balaban J connectivity index is 1.55. The van der Waals surface area contributed by atoms with Crippen LogP contribution in [0.15, 0.2) is 24.3 Å². The molecular weight excluding hydrogens is 368 g/mol. The van der Waals surface area contributed by atoms with E-state index in [1.807, 2.05) is 38.4 Å². The van der Waals surface area contributed by atoms with Crippen molar-refractivity contribution in [3.63, 3.8) is 0 Å². The first-order chi connectivity index (χ1) is 14.0. The largest absolute Gasteiger partial charge is 0.494 e. The summed E-state index contributed by atoms with van der Waals surface area (Å²) in [6, 6.07) is 7.58. The number of ether oxygens (including phenoxy) is 1. The molecule has 1 saturated carbocycles. The van der Waals surface area contributed by atoms with Crippen LogP contribution in [0.2, 0.25) is 0 Å². The second-order valence-electron chi connectivity index (χ2n) is 7.92. The summed E-state index contributed by atoms with van der Waals surface area (Å²) in [5.41, 5.74) is 0.749. The summed E-state index contributed by atoms with van der Waals surface area (Å²) in [4.78, 5) is 26.1. The minimum atomic E-state index is -0.126. The predicted molar refractivity (Wildman–Crippen MR) is 116 cm³/mol. The van der Waals surface area contributed by atoms with Gasteiger partial charge in [0.1, 0.15) is 5.75 Å². The lowest BCUT2D eigenvalue weighted by molar-refractivity contribution is -0.116. The van der Waals surface area contributed by atoms with Crippen molar-refractivity contribution in [3.05, 3.63) is 24.3 Å². The second-order valence-corrected chi connectivity index (χ2v) is 7.92. The molecule has 3 N–H and O–H groups in total. The van der Waals surface area contributed by atoms with E-state index in [4.69, 9.17) is 4.74 Å². The van der Waals surface area contributed by atoms with Gasteiger partial charge in [0.15, 0.2) is 0 Å². The van der Waals surface area contributed by atoms with E-state index in [1.54, 1.807) is 0 Å². The van der Waals surface area contributed by atoms with Crippen molar-refractivity contribution in [3.8, 4) is 5.75 Å². The van der Waals surface area contributed by atoms with Gasteiger partial charge in [0, 0.05) is 31.2 Å². The zero-order chi connectivity index (χ0) is 20.9. The van der Waals surface area contributed by atoms with E-state index in [2.05, 4.69) is 20.9 Å². The lowest BCUT2D eigenvalue weighted by Gasteiger charge is -2.22. The zero-order valence-corrected chi connectivity index (χ0v) is 17.8. The third-order valence-corrected chi connectivity index (χ3v) is 4.96. The van der Waals surface area contributed by atoms with Gasteiger partial charge in [0.05, 0.1) is 6.61 Å². The number of hydrogen-bond donors (Lipinski definition) is 3. The van der Waals surface area contributed by atoms with E-state index in [-0.39, 0.29) is 11.9 Å². The van der Waals surface area contributed by atoms with Crippen LogP contribution in [0.5, 0.6) is 5.75 Å². The maximum absolute atomic E-state index is 12.1. The molecule has 0 aliphatic heterocycles. The van der Waals surface area contributed by atoms with Crippen LogP contribution in [0.25, 0.3) is 0 Å². The molecule has 0 spiro atoms. The first kappa shape index (κ1) is 23.0. The van der Waals surface area contributed by atoms with Gasteiger partial charge in [0.25, 0.3) is 0 Å². The van der Waals surface area contributed by atoms with Gasteiger partial charge in [-0.3, -0.25) is 4.79 Å². The van der Waals surface area contributed by atoms with Gasteiger partial charge in [-0.15, -0.1) is 0 Å². The summed E-state index contributed by atoms with van der Waals surface area (Å²) in [5, 5.41) is 8.72. The molecule has 29 heavy (non-hydrogen) atoms. The van der Waals surface area contributed by atoms with Crippen molar-refractivity contribution in [2.45, 2.75) is 57.4 Å². The van der Waals surface area contributed by atoms with Crippen LogP contribution in [0.3, 0.4) is 0 Å². The Bertz CT molecular complexity index is 613. The highest BCUT2D eigenvalue weighted by Gasteiger charge is 2.15. The van der Waals surface area contributed by atoms with Crippen molar-refractivity contribution < 1.29 is 14.3 Å². The number of nitrogens with zero attached hydrogens (tertiary/aromatic N) is 1. The Morgan fingerprint density at radius 3 is 2.48 bits per heavy atom. The molecule has 1 aliphatic rings. The summed E-state index contributed by atoms with van der Waals surface area (Å²) in [5.74, 6) is 0.745. The van der Waals surface area contributed by atoms with Gasteiger partial charge in [-0.1, -0.05) is 19.3 Å². The molecule has 0 heterocycles. The molecule has 3 amide bonds. The average Bonchev–Trinajstić information content (AvgIpc) is 2.70. The van der Waals surface area contributed by atoms with Crippen LogP contribution >= 0.6 is 0 Å². The van der Waals surface area contributed by atoms with Crippen molar-refractivity contribution in [1.82, 2.24) is 15.5 Å². The SMILES string of the molecule is CN(C)CCCOc1ccc(NC(=O)CCCNC(=O)NC2CCCCC2)cc1. The van der Waals surface area contributed by atoms with E-state index in [0.29, 0.717) is 32.0 Å². The minimum Gasteiger partial charge on any atom is -0.494 e. The van der Waals surface area contributed by atoms with Crippen LogP contribution in [0.4, 0.5) is 10.5 Å². The Hall–Kier alpha value is -2.28. The molecule has 0 radical (unpaired) electrons. The number of urea groups is 1. The molecular formula is C22H36N4O3. The van der Waals surface area contributed by atoms with Crippen molar-refractivity contribution in [2.75, 3.05) is 39.1 Å². The van der Waals surface area contributed by atoms with Crippen LogP contribution in [0.1, 0.15) is 51.4 Å². The number of anilines is 1. The quantitative estimate of drug-likeness (QED) is 0.494. The minimum absolute atomic E-state index is 0.0564. The van der Waals surface area contributed by atoms with Crippen molar-refractivity contribution in [1.29, 1.82) is 0 Å². The Morgan fingerprint density at radius 2 is 1.79 bits per heavy atom. The number of benzene rings is 1. The second kappa shape index (κ2) is 13.0. The maximum Gasteiger partial charge on any atom is 0.315 e. The standard InChI is InChI=1S/C22H36N4O3/c1-26(2)16-7-17-29-20-13-11-19(12-14-20)24-21(27)10-6-15-23-22(28)25-18-8-4-3-5-9-18/h11-14,18H,3-10,15-17H2,1-2H3,(H,24,27)(H2,23,25,28). The molecule has 1 fully saturated rings. The molecule has 7 heteroatoms. The maximum atomic E-state index is 12.1. The topological polar surface area (TPSA) is 82.7 Å². The fraction of sp³-hybridized carbons (Fsp3) is 0.636. The van der Waals surface area contributed by atoms with Crippen LogP contribution in [-0.2, 0) is 4.79 Å². The lowest BCUT2D eigenvalue weighted by atomic mass is 9.96. The summed E-state index contributed by atoms with van der Waals surface area (Å²) in [6.45, 7) is 2.15. The molecule has 0 aromatic heterocycles. The smallest absolute Gasteiger partial charge is 0.315 e. The monoisotopic (exact) mass is 404 g/mol. The summed E-state index contributed by atoms with van der Waals surface area (Å²) in [6.07, 6.45) is 7.72. The third kappa shape index (κ3) is 10.2. The number of rotatable bonds is 11. The average molecular weight is 405 g/mol. The van der Waals surface area contributed by atoms with E-state index in [0.717, 1.165) is 37.2 Å². The van der Waals surface area contributed by atoms with E-state index < -0.39 is 0 Å². The van der Waals surface area contributed by atoms with Crippen molar-refractivity contribution >= 4 is 17.6 Å². The molecule has 7 nitrogen and oxygen atoms in total. The number of carbonyl (C=O) groups excluding carboxylic acids is 2. The highest BCUT2D eigenvalue weighted by atomic mass is 16.5. The highest BCUT2D eigenvalue weighted by Crippen LogP contribution is 2.17. The first-order valence-electron chi connectivity index (χ1n) is 10.7. The third-order valence-electron chi connectivity index (χ3n) is 4.96. The molecule has 162 valence electrons. The van der Waals surface area contributed by atoms with Gasteiger partial charge >= 0.3 is 6.03 Å². The molecule has 0 atom stereocenters. The summed E-state index contributed by atoms with van der Waals surface area (Å²) >= 11 is 0. The first-order valence-corrected chi connectivity index (χ1v) is 10.7. The van der Waals surface area contributed by atoms with E-state index in [9.17, 15) is 9.59 Å². The predicted octanol–water partition coefficient (Wildman–Crippen LogP) is 3.37. The highest BCUT2D eigenvalue weighted by molar-refractivity contribution is 5.90. The van der Waals surface area contributed by atoms with Crippen LogP contribution in [-0.4, -0.2) is 56.7 Å². The summed E-state index contributed by atoms with van der Waals surface area (Å²) in [7, 11) is 4.08. The fourth-order valence-corrected chi connectivity index (χ4v) is 3.36. The lowest BCUT2D eigenvalue weighted by Crippen LogP contribution is -2.43. The molecule has 2 rings (SSSR count). The molecule has 0 bridgehead atoms. The van der Waals surface area contributed by atoms with Gasteiger partial charge in [-0.05, 0) is 64.0 Å². The molecule has 1 aliphatic carbocycles. The molecule has 0 saturated heterocycles. The normalized spacial score (nSPS) is 14.4. The van der Waals surface area contributed by atoms with Gasteiger partial charge < -0.3 is 25.6 Å². The number of carbonyl (C=O) groups is 2. The van der Waals surface area contributed by atoms with E-state index >= 15 is 0 Å². The number of amides is 3. The Labute approximate surface area is 174 Å². The molecule has 1 aromatic rings. The van der Waals surface area contributed by atoms with Gasteiger partial charge in [0.2, 0.25) is 5.91 Å². The zero-order valence-electron chi connectivity index (χ0n) is 17.8.